The molecule has 3 rings (SSSR count). The van der Waals surface area contributed by atoms with Crippen LogP contribution in [0.25, 0.3) is 11.3 Å². The van der Waals surface area contributed by atoms with E-state index in [1.807, 2.05) is 30.3 Å². The third-order valence-electron chi connectivity index (χ3n) is 3.42. The number of aromatic amines is 1. The van der Waals surface area contributed by atoms with E-state index < -0.39 is 0 Å². The summed E-state index contributed by atoms with van der Waals surface area (Å²) in [6.07, 6.45) is 5.65. The molecule has 104 valence electrons. The van der Waals surface area contributed by atoms with Gasteiger partial charge >= 0.3 is 0 Å². The molecule has 2 heterocycles. The van der Waals surface area contributed by atoms with Crippen molar-refractivity contribution in [3.05, 3.63) is 46.8 Å². The molecular weight excluding hydrogens is 266 g/mol. The van der Waals surface area contributed by atoms with Gasteiger partial charge in [-0.3, -0.25) is 19.5 Å². The predicted octanol–water partition coefficient (Wildman–Crippen LogP) is 1.42. The molecule has 0 saturated carbocycles. The first kappa shape index (κ1) is 13.1. The Kier molecular flexibility index (Phi) is 3.28. The Hall–Kier alpha value is -2.87. The molecule has 1 atom stereocenters. The van der Waals surface area contributed by atoms with Gasteiger partial charge in [0.05, 0.1) is 5.69 Å². The highest BCUT2D eigenvalue weighted by Gasteiger charge is 2.31. The Morgan fingerprint density at radius 1 is 1.29 bits per heavy atom. The van der Waals surface area contributed by atoms with Gasteiger partial charge in [-0.15, -0.1) is 12.3 Å². The van der Waals surface area contributed by atoms with E-state index in [0.717, 1.165) is 5.56 Å². The van der Waals surface area contributed by atoms with Crippen molar-refractivity contribution < 1.29 is 4.79 Å². The van der Waals surface area contributed by atoms with Crippen LogP contribution in [0.4, 0.5) is 5.95 Å². The van der Waals surface area contributed by atoms with Crippen LogP contribution in [0.15, 0.2) is 41.2 Å². The lowest BCUT2D eigenvalue weighted by Gasteiger charge is -2.14. The van der Waals surface area contributed by atoms with E-state index in [4.69, 9.17) is 6.42 Å². The van der Waals surface area contributed by atoms with E-state index in [-0.39, 0.29) is 29.8 Å². The predicted molar refractivity (Wildman–Crippen MR) is 79.6 cm³/mol. The minimum Gasteiger partial charge on any atom is -0.292 e. The van der Waals surface area contributed by atoms with Crippen molar-refractivity contribution in [3.63, 3.8) is 0 Å². The molecule has 0 aliphatic carbocycles. The van der Waals surface area contributed by atoms with Crippen LogP contribution in [-0.2, 0) is 4.79 Å². The van der Waals surface area contributed by atoms with Gasteiger partial charge in [-0.1, -0.05) is 30.3 Å². The van der Waals surface area contributed by atoms with Crippen molar-refractivity contribution >= 4 is 11.9 Å². The van der Waals surface area contributed by atoms with Crippen LogP contribution in [0.3, 0.4) is 0 Å². The maximum atomic E-state index is 12.0. The van der Waals surface area contributed by atoms with Crippen LogP contribution in [0, 0.1) is 18.3 Å². The zero-order valence-electron chi connectivity index (χ0n) is 11.2. The molecule has 1 N–H and O–H groups in total. The van der Waals surface area contributed by atoms with Crippen molar-refractivity contribution in [2.24, 2.45) is 5.92 Å². The van der Waals surface area contributed by atoms with Crippen molar-refractivity contribution in [1.82, 2.24) is 9.97 Å². The average molecular weight is 279 g/mol. The second-order valence-electron chi connectivity index (χ2n) is 4.89. The number of aromatic nitrogens is 2. The average Bonchev–Trinajstić information content (AvgIpc) is 2.89. The fourth-order valence-corrected chi connectivity index (χ4v) is 2.35. The molecule has 2 aromatic rings. The van der Waals surface area contributed by atoms with Crippen LogP contribution >= 0.6 is 0 Å². The number of nitrogens with one attached hydrogen (secondary N) is 1. The Labute approximate surface area is 121 Å². The highest BCUT2D eigenvalue weighted by Crippen LogP contribution is 2.23. The van der Waals surface area contributed by atoms with Gasteiger partial charge in [0.25, 0.3) is 5.56 Å². The Morgan fingerprint density at radius 3 is 2.71 bits per heavy atom. The van der Waals surface area contributed by atoms with Gasteiger partial charge < -0.3 is 0 Å². The molecular formula is C16H13N3O2. The van der Waals surface area contributed by atoms with E-state index in [9.17, 15) is 9.59 Å². The molecule has 1 aromatic carbocycles. The fourth-order valence-electron chi connectivity index (χ4n) is 2.35. The topological polar surface area (TPSA) is 66.1 Å². The number of nitrogens with zero attached hydrogens (tertiary/aromatic N) is 2. The minimum atomic E-state index is -0.296. The number of H-pyrrole nitrogens is 1. The van der Waals surface area contributed by atoms with Crippen LogP contribution in [-0.4, -0.2) is 22.4 Å². The van der Waals surface area contributed by atoms with Gasteiger partial charge in [-0.2, -0.15) is 0 Å². The van der Waals surface area contributed by atoms with Crippen LogP contribution in [0.5, 0.6) is 0 Å². The van der Waals surface area contributed by atoms with Crippen LogP contribution < -0.4 is 10.5 Å². The second kappa shape index (κ2) is 5.25. The molecule has 1 aromatic heterocycles. The molecule has 0 radical (unpaired) electrons. The molecule has 0 spiro atoms. The highest BCUT2D eigenvalue weighted by molar-refractivity contribution is 5.94. The summed E-state index contributed by atoms with van der Waals surface area (Å²) in [5.41, 5.74) is 1.06. The number of hydrogen-bond donors (Lipinski definition) is 1. The van der Waals surface area contributed by atoms with Crippen molar-refractivity contribution in [2.75, 3.05) is 11.4 Å². The third kappa shape index (κ3) is 2.56. The molecule has 1 fully saturated rings. The summed E-state index contributed by atoms with van der Waals surface area (Å²) in [4.78, 5) is 32.2. The summed E-state index contributed by atoms with van der Waals surface area (Å²) >= 11 is 0. The first-order chi connectivity index (χ1) is 10.2. The number of amides is 1. The zero-order valence-corrected chi connectivity index (χ0v) is 11.2. The molecule has 1 amide bonds. The van der Waals surface area contributed by atoms with Crippen molar-refractivity contribution in [2.45, 2.75) is 6.42 Å². The number of anilines is 1. The van der Waals surface area contributed by atoms with Gasteiger partial charge in [0.2, 0.25) is 11.9 Å². The fraction of sp³-hybridized carbons (Fsp3) is 0.188. The number of carbonyl (C=O) groups is 1. The highest BCUT2D eigenvalue weighted by atomic mass is 16.2. The maximum Gasteiger partial charge on any atom is 0.252 e. The largest absolute Gasteiger partial charge is 0.292 e. The zero-order chi connectivity index (χ0) is 14.8. The lowest BCUT2D eigenvalue weighted by molar-refractivity contribution is -0.117. The van der Waals surface area contributed by atoms with Crippen molar-refractivity contribution in [3.8, 4) is 23.6 Å². The summed E-state index contributed by atoms with van der Waals surface area (Å²) in [6, 6.07) is 10.8. The lowest BCUT2D eigenvalue weighted by atomic mass is 10.1. The number of benzene rings is 1. The summed E-state index contributed by atoms with van der Waals surface area (Å²) < 4.78 is 0. The second-order valence-corrected chi connectivity index (χ2v) is 4.89. The Balaban J connectivity index is 2.02. The number of terminal acetylenes is 1. The normalized spacial score (nSPS) is 17.8. The van der Waals surface area contributed by atoms with Crippen LogP contribution in [0.1, 0.15) is 6.42 Å². The molecule has 1 aliphatic rings. The van der Waals surface area contributed by atoms with E-state index in [1.54, 1.807) is 0 Å². The van der Waals surface area contributed by atoms with Gasteiger partial charge in [0.15, 0.2) is 0 Å². The van der Waals surface area contributed by atoms with E-state index in [0.29, 0.717) is 12.2 Å². The smallest absolute Gasteiger partial charge is 0.252 e. The number of rotatable bonds is 2. The molecule has 1 aliphatic heterocycles. The SMILES string of the molecule is C#CC1CC(=O)N(c2nc(-c3ccccc3)cc(=O)[nH]2)C1. The molecule has 5 heteroatoms. The lowest BCUT2D eigenvalue weighted by Crippen LogP contribution is -2.28. The Bertz CT molecular complexity index is 774. The van der Waals surface area contributed by atoms with Gasteiger partial charge in [0, 0.05) is 30.5 Å². The first-order valence-electron chi connectivity index (χ1n) is 6.60. The first-order valence-corrected chi connectivity index (χ1v) is 6.60. The summed E-state index contributed by atoms with van der Waals surface area (Å²) in [6.45, 7) is 0.385. The standard InChI is InChI=1S/C16H13N3O2/c1-2-11-8-15(21)19(10-11)16-17-13(9-14(20)18-16)12-6-4-3-5-7-12/h1,3-7,9,11H,8,10H2,(H,17,18,20). The number of hydrogen-bond acceptors (Lipinski definition) is 3. The molecule has 1 saturated heterocycles. The molecule has 21 heavy (non-hydrogen) atoms. The Morgan fingerprint density at radius 2 is 2.05 bits per heavy atom. The van der Waals surface area contributed by atoms with E-state index in [1.165, 1.54) is 11.0 Å². The number of carbonyl (C=O) groups excluding carboxylic acids is 1. The maximum absolute atomic E-state index is 12.0. The minimum absolute atomic E-state index is 0.119. The van der Waals surface area contributed by atoms with Gasteiger partial charge in [-0.25, -0.2) is 4.98 Å². The summed E-state index contributed by atoms with van der Waals surface area (Å²) in [5.74, 6) is 2.57. The van der Waals surface area contributed by atoms with Crippen LogP contribution in [0.2, 0.25) is 0 Å². The summed E-state index contributed by atoms with van der Waals surface area (Å²) in [5, 5.41) is 0. The van der Waals surface area contributed by atoms with Crippen molar-refractivity contribution in [1.29, 1.82) is 0 Å². The molecule has 1 unspecified atom stereocenters. The third-order valence-corrected chi connectivity index (χ3v) is 3.42. The van der Waals surface area contributed by atoms with Gasteiger partial charge in [0.1, 0.15) is 0 Å². The quantitative estimate of drug-likeness (QED) is 0.846. The summed E-state index contributed by atoms with van der Waals surface area (Å²) in [7, 11) is 0. The molecule has 5 nitrogen and oxygen atoms in total. The monoisotopic (exact) mass is 279 g/mol. The van der Waals surface area contributed by atoms with E-state index >= 15 is 0 Å². The van der Waals surface area contributed by atoms with Gasteiger partial charge in [-0.05, 0) is 0 Å². The van der Waals surface area contributed by atoms with E-state index in [2.05, 4.69) is 15.9 Å². The molecule has 0 bridgehead atoms.